The summed E-state index contributed by atoms with van der Waals surface area (Å²) in [5.41, 5.74) is 0.560. The van der Waals surface area contributed by atoms with Crippen LogP contribution in [0, 0.1) is 0 Å². The van der Waals surface area contributed by atoms with Gasteiger partial charge in [0.25, 0.3) is 5.91 Å². The molecule has 0 fully saturated rings. The molecule has 1 aromatic heterocycles. The topological polar surface area (TPSA) is 82.1 Å². The van der Waals surface area contributed by atoms with Crippen LogP contribution in [0.25, 0.3) is 10.9 Å². The maximum atomic E-state index is 12.5. The van der Waals surface area contributed by atoms with Crippen molar-refractivity contribution in [3.8, 4) is 0 Å². The maximum Gasteiger partial charge on any atom is 0.256 e. The average molecular weight is 360 g/mol. The van der Waals surface area contributed by atoms with E-state index < -0.39 is 11.9 Å². The first kappa shape index (κ1) is 16.2. The Balaban J connectivity index is 2.04. The van der Waals surface area contributed by atoms with Crippen LogP contribution in [0.2, 0.25) is 10.0 Å². The molecule has 3 rings (SSSR count). The van der Waals surface area contributed by atoms with Crippen LogP contribution in [0.3, 0.4) is 0 Å². The number of rotatable bonds is 3. The molecule has 120 valence electrons. The molecule has 0 unspecified atom stereocenters. The fourth-order valence-electron chi connectivity index (χ4n) is 2.30. The number of fused-ring (bicyclic) bond motifs is 1. The zero-order valence-corrected chi connectivity index (χ0v) is 13.6. The zero-order chi connectivity index (χ0) is 17.3. The van der Waals surface area contributed by atoms with Crippen molar-refractivity contribution < 1.29 is 14.7 Å². The highest BCUT2D eigenvalue weighted by atomic mass is 35.5. The third-order valence-corrected chi connectivity index (χ3v) is 4.13. The van der Waals surface area contributed by atoms with Gasteiger partial charge in [0.1, 0.15) is 0 Å². The van der Waals surface area contributed by atoms with Crippen LogP contribution >= 0.6 is 23.2 Å². The molecule has 24 heavy (non-hydrogen) atoms. The van der Waals surface area contributed by atoms with Crippen molar-refractivity contribution in [3.05, 3.63) is 69.8 Å². The zero-order valence-electron chi connectivity index (χ0n) is 12.0. The van der Waals surface area contributed by atoms with Crippen molar-refractivity contribution in [2.24, 2.45) is 0 Å². The first-order valence-electron chi connectivity index (χ1n) is 6.83. The molecule has 0 bridgehead atoms. The number of hydrogen-bond donors (Lipinski definition) is 1. The van der Waals surface area contributed by atoms with Gasteiger partial charge in [-0.1, -0.05) is 41.4 Å². The summed E-state index contributed by atoms with van der Waals surface area (Å²) >= 11 is 11.7. The Kier molecular flexibility index (Phi) is 4.38. The molecule has 0 aliphatic heterocycles. The van der Waals surface area contributed by atoms with Crippen molar-refractivity contribution in [2.75, 3.05) is 5.32 Å². The Hall–Kier alpha value is -2.63. The summed E-state index contributed by atoms with van der Waals surface area (Å²) in [7, 11) is 0. The Morgan fingerprint density at radius 3 is 2.38 bits per heavy atom. The number of nitrogens with zero attached hydrogens (tertiary/aromatic N) is 1. The van der Waals surface area contributed by atoms with Gasteiger partial charge in [-0.3, -0.25) is 9.78 Å². The summed E-state index contributed by atoms with van der Waals surface area (Å²) in [6.45, 7) is 0. The number of hydrogen-bond acceptors (Lipinski definition) is 4. The van der Waals surface area contributed by atoms with Gasteiger partial charge < -0.3 is 15.2 Å². The number of carbonyl (C=O) groups is 2. The highest BCUT2D eigenvalue weighted by Crippen LogP contribution is 2.27. The monoisotopic (exact) mass is 359 g/mol. The summed E-state index contributed by atoms with van der Waals surface area (Å²) in [6, 6.07) is 11.2. The number of anilines is 1. The van der Waals surface area contributed by atoms with Gasteiger partial charge in [-0.05, 0) is 24.3 Å². The molecule has 1 amide bonds. The first-order valence-corrected chi connectivity index (χ1v) is 7.58. The molecule has 1 N–H and O–H groups in total. The molecule has 0 aliphatic rings. The number of halogens is 2. The van der Waals surface area contributed by atoms with Crippen LogP contribution in [0.4, 0.5) is 5.69 Å². The molecular formula is C17H9Cl2N2O3-. The standard InChI is InChI=1S/C17H10Cl2N2O3/c18-12-7-10(11(17(23)24)8-13(12)19)16(22)21-14-5-1-3-9-4-2-6-20-15(9)14/h1-8H,(H,21,22)(H,23,24)/p-1. The number of benzene rings is 2. The van der Waals surface area contributed by atoms with Crippen LogP contribution < -0.4 is 10.4 Å². The van der Waals surface area contributed by atoms with Crippen molar-refractivity contribution in [2.45, 2.75) is 0 Å². The SMILES string of the molecule is O=C([O-])c1cc(Cl)c(Cl)cc1C(=O)Nc1cccc2cccnc12. The Labute approximate surface area is 146 Å². The molecule has 0 saturated heterocycles. The van der Waals surface area contributed by atoms with Crippen LogP contribution in [0.15, 0.2) is 48.7 Å². The number of aromatic nitrogens is 1. The molecule has 0 aliphatic carbocycles. The Bertz CT molecular complexity index is 968. The van der Waals surface area contributed by atoms with E-state index in [4.69, 9.17) is 23.2 Å². The van der Waals surface area contributed by atoms with E-state index in [0.29, 0.717) is 11.2 Å². The van der Waals surface area contributed by atoms with Crippen LogP contribution in [0.1, 0.15) is 20.7 Å². The number of para-hydroxylation sites is 1. The van der Waals surface area contributed by atoms with Crippen LogP contribution in [-0.4, -0.2) is 16.9 Å². The molecule has 0 atom stereocenters. The lowest BCUT2D eigenvalue weighted by Crippen LogP contribution is -2.26. The van der Waals surface area contributed by atoms with Gasteiger partial charge in [0.05, 0.1) is 32.8 Å². The van der Waals surface area contributed by atoms with E-state index in [2.05, 4.69) is 10.3 Å². The van der Waals surface area contributed by atoms with Gasteiger partial charge in [0, 0.05) is 17.1 Å². The lowest BCUT2D eigenvalue weighted by molar-refractivity contribution is -0.255. The normalized spacial score (nSPS) is 10.6. The predicted molar refractivity (Wildman–Crippen MR) is 90.5 cm³/mol. The van der Waals surface area contributed by atoms with Gasteiger partial charge in [-0.2, -0.15) is 0 Å². The number of carboxylic acid groups (broad SMARTS) is 1. The van der Waals surface area contributed by atoms with E-state index in [1.165, 1.54) is 6.07 Å². The minimum Gasteiger partial charge on any atom is -0.545 e. The fourth-order valence-corrected chi connectivity index (χ4v) is 2.63. The minimum absolute atomic E-state index is 0.0271. The van der Waals surface area contributed by atoms with E-state index >= 15 is 0 Å². The third kappa shape index (κ3) is 3.04. The molecule has 0 radical (unpaired) electrons. The van der Waals surface area contributed by atoms with Crippen molar-refractivity contribution >= 4 is 51.7 Å². The molecule has 1 heterocycles. The van der Waals surface area contributed by atoms with Crippen molar-refractivity contribution in [3.63, 3.8) is 0 Å². The molecule has 7 heteroatoms. The van der Waals surface area contributed by atoms with E-state index in [9.17, 15) is 14.7 Å². The molecular weight excluding hydrogens is 351 g/mol. The second-order valence-corrected chi connectivity index (χ2v) is 5.75. The maximum absolute atomic E-state index is 12.5. The fraction of sp³-hybridized carbons (Fsp3) is 0. The van der Waals surface area contributed by atoms with Gasteiger partial charge in [-0.15, -0.1) is 0 Å². The lowest BCUT2D eigenvalue weighted by Gasteiger charge is -2.13. The summed E-state index contributed by atoms with van der Waals surface area (Å²) in [5.74, 6) is -2.17. The average Bonchev–Trinajstić information content (AvgIpc) is 2.57. The lowest BCUT2D eigenvalue weighted by atomic mass is 10.1. The molecule has 3 aromatic rings. The Morgan fingerprint density at radius 1 is 1.00 bits per heavy atom. The number of amides is 1. The van der Waals surface area contributed by atoms with Crippen LogP contribution in [0.5, 0.6) is 0 Å². The van der Waals surface area contributed by atoms with Gasteiger partial charge in [0.2, 0.25) is 0 Å². The largest absolute Gasteiger partial charge is 0.545 e. The van der Waals surface area contributed by atoms with Crippen LogP contribution in [-0.2, 0) is 0 Å². The molecule has 2 aromatic carbocycles. The van der Waals surface area contributed by atoms with E-state index in [1.54, 1.807) is 24.4 Å². The number of pyridine rings is 1. The molecule has 0 saturated carbocycles. The van der Waals surface area contributed by atoms with Gasteiger partial charge >= 0.3 is 0 Å². The summed E-state index contributed by atoms with van der Waals surface area (Å²) in [6.07, 6.45) is 1.60. The number of aromatic carboxylic acids is 1. The highest BCUT2D eigenvalue weighted by Gasteiger charge is 2.16. The highest BCUT2D eigenvalue weighted by molar-refractivity contribution is 6.42. The first-order chi connectivity index (χ1) is 11.5. The number of carbonyl (C=O) groups excluding carboxylic acids is 2. The quantitative estimate of drug-likeness (QED) is 0.778. The van der Waals surface area contributed by atoms with E-state index in [-0.39, 0.29) is 21.2 Å². The second kappa shape index (κ2) is 6.47. The van der Waals surface area contributed by atoms with Gasteiger partial charge in [0.15, 0.2) is 0 Å². The third-order valence-electron chi connectivity index (χ3n) is 3.41. The van der Waals surface area contributed by atoms with Gasteiger partial charge in [-0.25, -0.2) is 0 Å². The molecule has 0 spiro atoms. The summed E-state index contributed by atoms with van der Waals surface area (Å²) < 4.78 is 0. The number of carboxylic acids is 1. The number of nitrogens with one attached hydrogen (secondary N) is 1. The van der Waals surface area contributed by atoms with E-state index in [0.717, 1.165) is 11.5 Å². The smallest absolute Gasteiger partial charge is 0.256 e. The van der Waals surface area contributed by atoms with E-state index in [1.807, 2.05) is 12.1 Å². The summed E-state index contributed by atoms with van der Waals surface area (Å²) in [4.78, 5) is 28.0. The Morgan fingerprint density at radius 2 is 1.67 bits per heavy atom. The van der Waals surface area contributed by atoms with Crippen molar-refractivity contribution in [1.82, 2.24) is 4.98 Å². The second-order valence-electron chi connectivity index (χ2n) is 4.93. The molecule has 5 nitrogen and oxygen atoms in total. The predicted octanol–water partition coefficient (Wildman–Crippen LogP) is 3.16. The summed E-state index contributed by atoms with van der Waals surface area (Å²) in [5, 5.41) is 14.8. The minimum atomic E-state index is -1.52. The van der Waals surface area contributed by atoms with Crippen molar-refractivity contribution in [1.29, 1.82) is 0 Å².